The molecule has 5 nitrogen and oxygen atoms in total. The molecule has 3 rings (SSSR count). The molecule has 21 heavy (non-hydrogen) atoms. The molecule has 0 saturated heterocycles. The number of aromatic amines is 1. The minimum atomic E-state index is 0.777. The number of nitrogens with zero attached hydrogens (tertiary/aromatic N) is 4. The quantitative estimate of drug-likeness (QED) is 0.733. The Morgan fingerprint density at radius 3 is 2.90 bits per heavy atom. The van der Waals surface area contributed by atoms with Crippen LogP contribution in [0.5, 0.6) is 0 Å². The third kappa shape index (κ3) is 2.95. The zero-order chi connectivity index (χ0) is 14.8. The lowest BCUT2D eigenvalue weighted by atomic mass is 10.2. The second-order valence-electron chi connectivity index (χ2n) is 5.17. The summed E-state index contributed by atoms with van der Waals surface area (Å²) in [7, 11) is 0. The molecule has 0 unspecified atom stereocenters. The van der Waals surface area contributed by atoms with Crippen LogP contribution < -0.4 is 0 Å². The smallest absolute Gasteiger partial charge is 0.166 e. The minimum absolute atomic E-state index is 0.777. The van der Waals surface area contributed by atoms with Gasteiger partial charge in [0.05, 0.1) is 16.8 Å². The van der Waals surface area contributed by atoms with E-state index in [0.717, 1.165) is 46.6 Å². The van der Waals surface area contributed by atoms with Gasteiger partial charge < -0.3 is 9.55 Å². The highest BCUT2D eigenvalue weighted by molar-refractivity contribution is 7.98. The van der Waals surface area contributed by atoms with Crippen molar-refractivity contribution in [1.29, 1.82) is 0 Å². The average Bonchev–Trinajstić information content (AvgIpc) is 3.01. The van der Waals surface area contributed by atoms with Crippen molar-refractivity contribution in [3.63, 3.8) is 0 Å². The van der Waals surface area contributed by atoms with Crippen molar-refractivity contribution in [2.45, 2.75) is 44.6 Å². The summed E-state index contributed by atoms with van der Waals surface area (Å²) < 4.78 is 2.18. The molecule has 110 valence electrons. The van der Waals surface area contributed by atoms with Crippen LogP contribution in [0.15, 0.2) is 23.4 Å². The number of imidazole rings is 1. The van der Waals surface area contributed by atoms with Crippen molar-refractivity contribution < 1.29 is 0 Å². The number of nitrogens with one attached hydrogen (secondary N) is 1. The van der Waals surface area contributed by atoms with Gasteiger partial charge in [-0.3, -0.25) is 0 Å². The maximum Gasteiger partial charge on any atom is 0.166 e. The van der Waals surface area contributed by atoms with Crippen molar-refractivity contribution in [3.8, 4) is 0 Å². The number of hydrogen-bond donors (Lipinski definition) is 1. The van der Waals surface area contributed by atoms with E-state index in [1.165, 1.54) is 5.56 Å². The summed E-state index contributed by atoms with van der Waals surface area (Å²) in [6.07, 6.45) is 1.08. The Morgan fingerprint density at radius 1 is 1.24 bits per heavy atom. The van der Waals surface area contributed by atoms with E-state index >= 15 is 0 Å². The van der Waals surface area contributed by atoms with Gasteiger partial charge in [-0.05, 0) is 38.0 Å². The van der Waals surface area contributed by atoms with Gasteiger partial charge in [-0.1, -0.05) is 24.8 Å². The molecule has 0 saturated carbocycles. The Labute approximate surface area is 128 Å². The summed E-state index contributed by atoms with van der Waals surface area (Å²) in [5, 5.41) is 9.37. The predicted molar refractivity (Wildman–Crippen MR) is 85.4 cm³/mol. The number of aryl methyl sites for hydroxylation is 2. The zero-order valence-electron chi connectivity index (χ0n) is 12.6. The van der Waals surface area contributed by atoms with E-state index in [-0.39, 0.29) is 0 Å². The third-order valence-electron chi connectivity index (χ3n) is 3.41. The SMILES string of the molecule is CCCn1c(C)nnc1CSc1nc2ccc(C)cc2[nH]1. The minimum Gasteiger partial charge on any atom is -0.333 e. The van der Waals surface area contributed by atoms with Gasteiger partial charge in [0.2, 0.25) is 0 Å². The number of rotatable bonds is 5. The van der Waals surface area contributed by atoms with Crippen LogP contribution in [-0.2, 0) is 12.3 Å². The van der Waals surface area contributed by atoms with Crippen molar-refractivity contribution in [1.82, 2.24) is 24.7 Å². The van der Waals surface area contributed by atoms with Crippen molar-refractivity contribution >= 4 is 22.8 Å². The van der Waals surface area contributed by atoms with Crippen LogP contribution >= 0.6 is 11.8 Å². The molecule has 1 aromatic carbocycles. The van der Waals surface area contributed by atoms with E-state index in [1.54, 1.807) is 11.8 Å². The molecule has 2 heterocycles. The second-order valence-corrected chi connectivity index (χ2v) is 6.13. The van der Waals surface area contributed by atoms with Crippen LogP contribution in [0.4, 0.5) is 0 Å². The number of thioether (sulfide) groups is 1. The molecule has 6 heteroatoms. The number of hydrogen-bond acceptors (Lipinski definition) is 4. The van der Waals surface area contributed by atoms with E-state index in [9.17, 15) is 0 Å². The highest BCUT2D eigenvalue weighted by Gasteiger charge is 2.10. The Kier molecular flexibility index (Phi) is 3.96. The molecule has 0 aliphatic carbocycles. The van der Waals surface area contributed by atoms with Gasteiger partial charge in [0.1, 0.15) is 11.6 Å². The summed E-state index contributed by atoms with van der Waals surface area (Å²) in [5.41, 5.74) is 3.33. The first kappa shape index (κ1) is 14.1. The van der Waals surface area contributed by atoms with E-state index in [4.69, 9.17) is 0 Å². The summed E-state index contributed by atoms with van der Waals surface area (Å²) in [4.78, 5) is 7.96. The third-order valence-corrected chi connectivity index (χ3v) is 4.28. The Bertz CT molecular complexity index is 759. The summed E-state index contributed by atoms with van der Waals surface area (Å²) in [5.74, 6) is 2.77. The Morgan fingerprint density at radius 2 is 2.10 bits per heavy atom. The molecule has 0 bridgehead atoms. The first-order chi connectivity index (χ1) is 10.2. The summed E-state index contributed by atoms with van der Waals surface area (Å²) >= 11 is 1.67. The molecule has 0 fully saturated rings. The predicted octanol–water partition coefficient (Wildman–Crippen LogP) is 3.47. The maximum absolute atomic E-state index is 4.60. The Balaban J connectivity index is 1.77. The standard InChI is InChI=1S/C15H19N5S/c1-4-7-20-11(3)18-19-14(20)9-21-15-16-12-6-5-10(2)8-13(12)17-15/h5-6,8H,4,7,9H2,1-3H3,(H,16,17). The molecule has 1 N–H and O–H groups in total. The van der Waals surface area contributed by atoms with Crippen LogP contribution in [0.2, 0.25) is 0 Å². The van der Waals surface area contributed by atoms with Gasteiger partial charge in [-0.2, -0.15) is 0 Å². The first-order valence-corrected chi connectivity index (χ1v) is 8.13. The molecule has 0 aliphatic heterocycles. The van der Waals surface area contributed by atoms with Crippen LogP contribution in [-0.4, -0.2) is 24.7 Å². The molecule has 3 aromatic rings. The fraction of sp³-hybridized carbons (Fsp3) is 0.400. The lowest BCUT2D eigenvalue weighted by molar-refractivity contribution is 0.636. The Hall–Kier alpha value is -1.82. The van der Waals surface area contributed by atoms with Gasteiger partial charge >= 0.3 is 0 Å². The van der Waals surface area contributed by atoms with Crippen molar-refractivity contribution in [3.05, 3.63) is 35.4 Å². The fourth-order valence-electron chi connectivity index (χ4n) is 2.35. The van der Waals surface area contributed by atoms with Crippen molar-refractivity contribution in [2.24, 2.45) is 0 Å². The highest BCUT2D eigenvalue weighted by Crippen LogP contribution is 2.23. The number of benzene rings is 1. The van der Waals surface area contributed by atoms with Gasteiger partial charge in [0.15, 0.2) is 5.16 Å². The van der Waals surface area contributed by atoms with E-state index in [1.807, 2.05) is 6.92 Å². The van der Waals surface area contributed by atoms with Gasteiger partial charge in [-0.15, -0.1) is 10.2 Å². The topological polar surface area (TPSA) is 59.4 Å². The molecule has 0 radical (unpaired) electrons. The largest absolute Gasteiger partial charge is 0.333 e. The molecule has 0 atom stereocenters. The van der Waals surface area contributed by atoms with Crippen LogP contribution in [0.25, 0.3) is 11.0 Å². The lowest BCUT2D eigenvalue weighted by Gasteiger charge is -2.05. The van der Waals surface area contributed by atoms with Gasteiger partial charge in [0, 0.05) is 6.54 Å². The summed E-state index contributed by atoms with van der Waals surface area (Å²) in [6, 6.07) is 6.25. The molecule has 0 spiro atoms. The zero-order valence-corrected chi connectivity index (χ0v) is 13.4. The van der Waals surface area contributed by atoms with Crippen LogP contribution in [0, 0.1) is 13.8 Å². The molecule has 2 aromatic heterocycles. The van der Waals surface area contributed by atoms with E-state index in [0.29, 0.717) is 0 Å². The molecular formula is C15H19N5S. The van der Waals surface area contributed by atoms with Gasteiger partial charge in [0.25, 0.3) is 0 Å². The van der Waals surface area contributed by atoms with Crippen LogP contribution in [0.1, 0.15) is 30.6 Å². The average molecular weight is 301 g/mol. The van der Waals surface area contributed by atoms with Gasteiger partial charge in [-0.25, -0.2) is 4.98 Å². The van der Waals surface area contributed by atoms with E-state index < -0.39 is 0 Å². The maximum atomic E-state index is 4.60. The lowest BCUT2D eigenvalue weighted by Crippen LogP contribution is -2.04. The van der Waals surface area contributed by atoms with Crippen molar-refractivity contribution in [2.75, 3.05) is 0 Å². The molecule has 0 aliphatic rings. The number of fused-ring (bicyclic) bond motifs is 1. The monoisotopic (exact) mass is 301 g/mol. The molecule has 0 amide bonds. The first-order valence-electron chi connectivity index (χ1n) is 7.15. The number of H-pyrrole nitrogens is 1. The molecular weight excluding hydrogens is 282 g/mol. The highest BCUT2D eigenvalue weighted by atomic mass is 32.2. The fourth-order valence-corrected chi connectivity index (χ4v) is 3.17. The number of aromatic nitrogens is 5. The van der Waals surface area contributed by atoms with Crippen LogP contribution in [0.3, 0.4) is 0 Å². The normalized spacial score (nSPS) is 11.4. The second kappa shape index (κ2) is 5.89. The van der Waals surface area contributed by atoms with E-state index in [2.05, 4.69) is 56.8 Å². The summed E-state index contributed by atoms with van der Waals surface area (Å²) in [6.45, 7) is 7.22.